The van der Waals surface area contributed by atoms with Crippen LogP contribution in [0.5, 0.6) is 0 Å². The number of hydrogen-bond acceptors (Lipinski definition) is 4. The van der Waals surface area contributed by atoms with Gasteiger partial charge in [-0.2, -0.15) is 0 Å². The molecule has 0 radical (unpaired) electrons. The molecular formula is C11H13N3S. The molecule has 2 aromatic rings. The van der Waals surface area contributed by atoms with Crippen molar-refractivity contribution in [1.82, 2.24) is 9.97 Å². The van der Waals surface area contributed by atoms with Crippen LogP contribution in [0.25, 0.3) is 10.2 Å². The number of rotatable bonds is 1. The van der Waals surface area contributed by atoms with Crippen LogP contribution in [0.3, 0.4) is 0 Å². The maximum absolute atomic E-state index is 6.08. The molecular weight excluding hydrogens is 206 g/mol. The van der Waals surface area contributed by atoms with Crippen LogP contribution in [0.4, 0.5) is 0 Å². The van der Waals surface area contributed by atoms with Gasteiger partial charge in [-0.05, 0) is 18.9 Å². The molecule has 2 heterocycles. The summed E-state index contributed by atoms with van der Waals surface area (Å²) in [6.07, 6.45) is 7.21. The molecule has 1 fully saturated rings. The van der Waals surface area contributed by atoms with Crippen LogP contribution < -0.4 is 5.73 Å². The van der Waals surface area contributed by atoms with Crippen molar-refractivity contribution in [2.24, 2.45) is 5.73 Å². The molecule has 2 N–H and O–H groups in total. The normalized spacial score (nSPS) is 26.2. The van der Waals surface area contributed by atoms with Crippen LogP contribution in [0, 0.1) is 0 Å². The molecule has 0 aliphatic heterocycles. The molecule has 0 spiro atoms. The molecule has 3 rings (SSSR count). The second kappa shape index (κ2) is 3.54. The second-order valence-electron chi connectivity index (χ2n) is 4.10. The summed E-state index contributed by atoms with van der Waals surface area (Å²) in [5.41, 5.74) is 7.09. The Kier molecular flexibility index (Phi) is 2.18. The standard InChI is InChI=1S/C11H13N3S/c12-8-3-1-2-7(8)11-14-9-6-13-5-4-10(9)15-11/h4-8H,1-3,12H2. The van der Waals surface area contributed by atoms with E-state index in [2.05, 4.69) is 9.97 Å². The van der Waals surface area contributed by atoms with Gasteiger partial charge in [0.15, 0.2) is 0 Å². The average molecular weight is 219 g/mol. The van der Waals surface area contributed by atoms with E-state index in [9.17, 15) is 0 Å². The van der Waals surface area contributed by atoms with Crippen LogP contribution in [-0.2, 0) is 0 Å². The lowest BCUT2D eigenvalue weighted by atomic mass is 10.1. The molecule has 0 bridgehead atoms. The Morgan fingerprint density at radius 1 is 1.40 bits per heavy atom. The predicted molar refractivity (Wildman–Crippen MR) is 62.0 cm³/mol. The van der Waals surface area contributed by atoms with Crippen LogP contribution in [0.15, 0.2) is 18.5 Å². The lowest BCUT2D eigenvalue weighted by Gasteiger charge is -2.10. The van der Waals surface area contributed by atoms with Crippen molar-refractivity contribution in [3.63, 3.8) is 0 Å². The molecule has 2 unspecified atom stereocenters. The Morgan fingerprint density at radius 2 is 2.33 bits per heavy atom. The molecule has 0 amide bonds. The molecule has 1 aliphatic rings. The maximum atomic E-state index is 6.08. The van der Waals surface area contributed by atoms with E-state index < -0.39 is 0 Å². The second-order valence-corrected chi connectivity index (χ2v) is 5.16. The molecule has 0 aromatic carbocycles. The Balaban J connectivity index is 2.04. The van der Waals surface area contributed by atoms with Crippen molar-refractivity contribution in [3.05, 3.63) is 23.5 Å². The topological polar surface area (TPSA) is 51.8 Å². The number of nitrogens with two attached hydrogens (primary N) is 1. The van der Waals surface area contributed by atoms with E-state index >= 15 is 0 Å². The summed E-state index contributed by atoms with van der Waals surface area (Å²) in [6, 6.07) is 2.33. The molecule has 2 atom stereocenters. The minimum absolute atomic E-state index is 0.304. The SMILES string of the molecule is NC1CCCC1c1nc2cnccc2s1. The van der Waals surface area contributed by atoms with Crippen LogP contribution in [0.1, 0.15) is 30.2 Å². The summed E-state index contributed by atoms with van der Waals surface area (Å²) >= 11 is 1.77. The zero-order valence-electron chi connectivity index (χ0n) is 8.39. The summed E-state index contributed by atoms with van der Waals surface area (Å²) in [4.78, 5) is 8.71. The fraction of sp³-hybridized carbons (Fsp3) is 0.455. The highest BCUT2D eigenvalue weighted by Gasteiger charge is 2.27. The third kappa shape index (κ3) is 1.54. The monoisotopic (exact) mass is 219 g/mol. The minimum Gasteiger partial charge on any atom is -0.327 e. The van der Waals surface area contributed by atoms with Gasteiger partial charge in [0.1, 0.15) is 0 Å². The molecule has 3 nitrogen and oxygen atoms in total. The predicted octanol–water partition coefficient (Wildman–Crippen LogP) is 2.29. The molecule has 4 heteroatoms. The Bertz CT molecular complexity index is 446. The van der Waals surface area contributed by atoms with Gasteiger partial charge in [-0.25, -0.2) is 4.98 Å². The van der Waals surface area contributed by atoms with Crippen molar-refractivity contribution in [2.45, 2.75) is 31.2 Å². The van der Waals surface area contributed by atoms with E-state index in [4.69, 9.17) is 5.73 Å². The van der Waals surface area contributed by atoms with E-state index in [0.29, 0.717) is 12.0 Å². The maximum Gasteiger partial charge on any atom is 0.0998 e. The number of fused-ring (bicyclic) bond motifs is 1. The van der Waals surface area contributed by atoms with Crippen molar-refractivity contribution < 1.29 is 0 Å². The molecule has 1 aliphatic carbocycles. The van der Waals surface area contributed by atoms with E-state index in [0.717, 1.165) is 11.9 Å². The van der Waals surface area contributed by atoms with Gasteiger partial charge in [-0.15, -0.1) is 11.3 Å². The highest BCUT2D eigenvalue weighted by Crippen LogP contribution is 2.37. The van der Waals surface area contributed by atoms with E-state index in [1.807, 2.05) is 18.5 Å². The lowest BCUT2D eigenvalue weighted by Crippen LogP contribution is -2.22. The zero-order chi connectivity index (χ0) is 10.3. The largest absolute Gasteiger partial charge is 0.327 e. The molecule has 15 heavy (non-hydrogen) atoms. The smallest absolute Gasteiger partial charge is 0.0998 e. The number of hydrogen-bond donors (Lipinski definition) is 1. The first kappa shape index (κ1) is 9.24. The highest BCUT2D eigenvalue weighted by atomic mass is 32.1. The van der Waals surface area contributed by atoms with Crippen LogP contribution in [0.2, 0.25) is 0 Å². The first-order valence-corrected chi connectivity index (χ1v) is 6.12. The Hall–Kier alpha value is -1.00. The Labute approximate surface area is 92.4 Å². The first-order chi connectivity index (χ1) is 7.34. The third-order valence-corrected chi connectivity index (χ3v) is 4.26. The minimum atomic E-state index is 0.304. The summed E-state index contributed by atoms with van der Waals surface area (Å²) in [5, 5.41) is 1.20. The average Bonchev–Trinajstić information content (AvgIpc) is 2.82. The van der Waals surface area contributed by atoms with E-state index in [-0.39, 0.29) is 0 Å². The zero-order valence-corrected chi connectivity index (χ0v) is 9.20. The first-order valence-electron chi connectivity index (χ1n) is 5.30. The van der Waals surface area contributed by atoms with E-state index in [1.165, 1.54) is 22.5 Å². The number of pyridine rings is 1. The molecule has 2 aromatic heterocycles. The van der Waals surface area contributed by atoms with Gasteiger partial charge >= 0.3 is 0 Å². The van der Waals surface area contributed by atoms with Gasteiger partial charge in [-0.1, -0.05) is 6.42 Å². The van der Waals surface area contributed by atoms with Gasteiger partial charge in [0.25, 0.3) is 0 Å². The fourth-order valence-corrected chi connectivity index (χ4v) is 3.40. The summed E-state index contributed by atoms with van der Waals surface area (Å²) in [7, 11) is 0. The molecule has 1 saturated carbocycles. The van der Waals surface area contributed by atoms with Gasteiger partial charge in [0.2, 0.25) is 0 Å². The summed E-state index contributed by atoms with van der Waals surface area (Å²) in [6.45, 7) is 0. The summed E-state index contributed by atoms with van der Waals surface area (Å²) in [5.74, 6) is 0.474. The van der Waals surface area contributed by atoms with Crippen LogP contribution >= 0.6 is 11.3 Å². The van der Waals surface area contributed by atoms with Crippen molar-refractivity contribution >= 4 is 21.6 Å². The van der Waals surface area contributed by atoms with Gasteiger partial charge in [0, 0.05) is 18.2 Å². The highest BCUT2D eigenvalue weighted by molar-refractivity contribution is 7.18. The number of aromatic nitrogens is 2. The van der Waals surface area contributed by atoms with E-state index in [1.54, 1.807) is 11.3 Å². The van der Waals surface area contributed by atoms with Crippen molar-refractivity contribution in [3.8, 4) is 0 Å². The van der Waals surface area contributed by atoms with Crippen molar-refractivity contribution in [2.75, 3.05) is 0 Å². The third-order valence-electron chi connectivity index (χ3n) is 3.09. The molecule has 0 saturated heterocycles. The van der Waals surface area contributed by atoms with Gasteiger partial charge in [0.05, 0.1) is 21.4 Å². The quantitative estimate of drug-likeness (QED) is 0.800. The molecule has 78 valence electrons. The number of thiazole rings is 1. The number of nitrogens with zero attached hydrogens (tertiary/aromatic N) is 2. The van der Waals surface area contributed by atoms with Gasteiger partial charge in [-0.3, -0.25) is 4.98 Å². The lowest BCUT2D eigenvalue weighted by molar-refractivity contribution is 0.611. The summed E-state index contributed by atoms with van der Waals surface area (Å²) < 4.78 is 1.22. The fourth-order valence-electron chi connectivity index (χ4n) is 2.25. The Morgan fingerprint density at radius 3 is 3.07 bits per heavy atom. The van der Waals surface area contributed by atoms with Crippen LogP contribution in [-0.4, -0.2) is 16.0 Å². The van der Waals surface area contributed by atoms with Gasteiger partial charge < -0.3 is 5.73 Å². The van der Waals surface area contributed by atoms with Crippen molar-refractivity contribution in [1.29, 1.82) is 0 Å².